The van der Waals surface area contributed by atoms with Gasteiger partial charge in [-0.15, -0.1) is 0 Å². The highest BCUT2D eigenvalue weighted by Gasteiger charge is 1.98. The molecule has 4 heteroatoms. The van der Waals surface area contributed by atoms with Gasteiger partial charge in [-0.3, -0.25) is 0 Å². The first-order chi connectivity index (χ1) is 8.26. The molecule has 0 saturated heterocycles. The lowest BCUT2D eigenvalue weighted by Crippen LogP contribution is -2.06. The second-order valence-electron chi connectivity index (χ2n) is 3.17. The summed E-state index contributed by atoms with van der Waals surface area (Å²) in [7, 11) is 1.62. The third kappa shape index (κ3) is 5.06. The minimum absolute atomic E-state index is 0.191. The van der Waals surface area contributed by atoms with Gasteiger partial charge in [0.05, 0.1) is 13.7 Å². The van der Waals surface area contributed by atoms with Crippen molar-refractivity contribution in [3.8, 4) is 5.75 Å². The number of carbonyl (C=O) groups is 1. The zero-order valence-electron chi connectivity index (χ0n) is 10.0. The zero-order valence-corrected chi connectivity index (χ0v) is 10.0. The maximum absolute atomic E-state index is 10.9. The Labute approximate surface area is 101 Å². The maximum Gasteiger partial charge on any atom is 0.508 e. The topological polar surface area (TPSA) is 44.8 Å². The molecule has 4 nitrogen and oxygen atoms in total. The van der Waals surface area contributed by atoms with Gasteiger partial charge in [0.1, 0.15) is 12.4 Å². The second-order valence-corrected chi connectivity index (χ2v) is 3.17. The van der Waals surface area contributed by atoms with Gasteiger partial charge in [-0.2, -0.15) is 0 Å². The van der Waals surface area contributed by atoms with Crippen molar-refractivity contribution in [3.63, 3.8) is 0 Å². The average molecular weight is 236 g/mol. The monoisotopic (exact) mass is 236 g/mol. The van der Waals surface area contributed by atoms with Crippen LogP contribution in [0.3, 0.4) is 0 Å². The van der Waals surface area contributed by atoms with Crippen LogP contribution in [0, 0.1) is 0 Å². The van der Waals surface area contributed by atoms with Crippen LogP contribution in [0.4, 0.5) is 4.79 Å². The second kappa shape index (κ2) is 7.33. The normalized spacial score (nSPS) is 10.2. The van der Waals surface area contributed by atoms with Gasteiger partial charge in [-0.05, 0) is 30.7 Å². The predicted octanol–water partition coefficient (Wildman–Crippen LogP) is 2.88. The summed E-state index contributed by atoms with van der Waals surface area (Å²) in [6.45, 7) is 2.24. The molecular weight excluding hydrogens is 220 g/mol. The molecule has 92 valence electrons. The van der Waals surface area contributed by atoms with Crippen molar-refractivity contribution in [1.29, 1.82) is 0 Å². The van der Waals surface area contributed by atoms with Crippen molar-refractivity contribution in [2.75, 3.05) is 20.3 Å². The lowest BCUT2D eigenvalue weighted by Gasteiger charge is -2.01. The molecule has 0 aliphatic carbocycles. The Morgan fingerprint density at radius 3 is 2.88 bits per heavy atom. The Kier molecular flexibility index (Phi) is 5.64. The molecule has 0 radical (unpaired) electrons. The van der Waals surface area contributed by atoms with E-state index in [-0.39, 0.29) is 6.61 Å². The van der Waals surface area contributed by atoms with Crippen molar-refractivity contribution in [3.05, 3.63) is 35.9 Å². The van der Waals surface area contributed by atoms with Gasteiger partial charge in [-0.25, -0.2) is 4.79 Å². The van der Waals surface area contributed by atoms with E-state index < -0.39 is 6.16 Å². The summed E-state index contributed by atoms with van der Waals surface area (Å²) in [5.74, 6) is 0.790. The van der Waals surface area contributed by atoms with E-state index in [2.05, 4.69) is 4.74 Å². The maximum atomic E-state index is 10.9. The van der Waals surface area contributed by atoms with E-state index in [1.54, 1.807) is 20.1 Å². The van der Waals surface area contributed by atoms with Crippen LogP contribution in [0.25, 0.3) is 6.08 Å². The first-order valence-electron chi connectivity index (χ1n) is 5.36. The van der Waals surface area contributed by atoms with E-state index >= 15 is 0 Å². The minimum atomic E-state index is -0.650. The fourth-order valence-corrected chi connectivity index (χ4v) is 1.21. The van der Waals surface area contributed by atoms with E-state index in [0.29, 0.717) is 6.61 Å². The molecule has 0 aromatic heterocycles. The molecule has 0 N–H and O–H groups in total. The van der Waals surface area contributed by atoms with Crippen LogP contribution in [-0.4, -0.2) is 26.5 Å². The quantitative estimate of drug-likeness (QED) is 0.737. The number of ether oxygens (including phenoxy) is 3. The number of carbonyl (C=O) groups excluding carboxylic acids is 1. The Balaban J connectivity index is 2.40. The smallest absolute Gasteiger partial charge is 0.497 e. The molecule has 0 bridgehead atoms. The summed E-state index contributed by atoms with van der Waals surface area (Å²) in [5, 5.41) is 0. The standard InChI is InChI=1S/C13H16O4/c1-3-16-13(14)17-9-5-7-11-6-4-8-12(10-11)15-2/h4-8,10H,3,9H2,1-2H3/b7-5+. The first kappa shape index (κ1) is 13.1. The molecule has 0 unspecified atom stereocenters. The van der Waals surface area contributed by atoms with E-state index in [4.69, 9.17) is 9.47 Å². The lowest BCUT2D eigenvalue weighted by atomic mass is 10.2. The fourth-order valence-electron chi connectivity index (χ4n) is 1.21. The fraction of sp³-hybridized carbons (Fsp3) is 0.308. The van der Waals surface area contributed by atoms with Crippen LogP contribution in [0.5, 0.6) is 5.75 Å². The number of hydrogen-bond acceptors (Lipinski definition) is 4. The first-order valence-corrected chi connectivity index (χ1v) is 5.36. The van der Waals surface area contributed by atoms with Gasteiger partial charge in [0.15, 0.2) is 0 Å². The molecule has 0 heterocycles. The van der Waals surface area contributed by atoms with Gasteiger partial charge < -0.3 is 14.2 Å². The van der Waals surface area contributed by atoms with Crippen LogP contribution in [0.15, 0.2) is 30.3 Å². The Morgan fingerprint density at radius 2 is 2.18 bits per heavy atom. The molecule has 0 atom stereocenters. The van der Waals surface area contributed by atoms with Gasteiger partial charge in [-0.1, -0.05) is 18.2 Å². The van der Waals surface area contributed by atoms with Crippen molar-refractivity contribution >= 4 is 12.2 Å². The van der Waals surface area contributed by atoms with Crippen molar-refractivity contribution in [2.45, 2.75) is 6.92 Å². The van der Waals surface area contributed by atoms with E-state index in [9.17, 15) is 4.79 Å². The van der Waals surface area contributed by atoms with Gasteiger partial charge in [0.25, 0.3) is 0 Å². The molecule has 1 aromatic carbocycles. The third-order valence-electron chi connectivity index (χ3n) is 1.96. The molecule has 0 fully saturated rings. The Hall–Kier alpha value is -1.97. The highest BCUT2D eigenvalue weighted by Crippen LogP contribution is 2.13. The van der Waals surface area contributed by atoms with Crippen LogP contribution < -0.4 is 4.74 Å². The van der Waals surface area contributed by atoms with Crippen molar-refractivity contribution < 1.29 is 19.0 Å². The molecule has 0 aliphatic rings. The SMILES string of the molecule is CCOC(=O)OC/C=C/c1cccc(OC)c1. The molecule has 0 aliphatic heterocycles. The van der Waals surface area contributed by atoms with Crippen molar-refractivity contribution in [2.24, 2.45) is 0 Å². The molecule has 0 saturated carbocycles. The van der Waals surface area contributed by atoms with Crippen LogP contribution in [0.1, 0.15) is 12.5 Å². The lowest BCUT2D eigenvalue weighted by molar-refractivity contribution is 0.0674. The van der Waals surface area contributed by atoms with Gasteiger partial charge in [0.2, 0.25) is 0 Å². The van der Waals surface area contributed by atoms with E-state index in [1.165, 1.54) is 0 Å². The van der Waals surface area contributed by atoms with Crippen LogP contribution in [0.2, 0.25) is 0 Å². The summed E-state index contributed by atoms with van der Waals surface area (Å²) >= 11 is 0. The number of hydrogen-bond donors (Lipinski definition) is 0. The summed E-state index contributed by atoms with van der Waals surface area (Å²) in [5.41, 5.74) is 0.983. The molecular formula is C13H16O4. The summed E-state index contributed by atoms with van der Waals surface area (Å²) in [6.07, 6.45) is 2.94. The molecule has 1 aromatic rings. The number of methoxy groups -OCH3 is 1. The summed E-state index contributed by atoms with van der Waals surface area (Å²) in [4.78, 5) is 10.9. The van der Waals surface area contributed by atoms with E-state index in [0.717, 1.165) is 11.3 Å². The Bertz CT molecular complexity index is 385. The largest absolute Gasteiger partial charge is 0.508 e. The van der Waals surface area contributed by atoms with Gasteiger partial charge >= 0.3 is 6.16 Å². The summed E-state index contributed by atoms with van der Waals surface area (Å²) < 4.78 is 14.5. The molecule has 0 spiro atoms. The highest BCUT2D eigenvalue weighted by atomic mass is 16.7. The third-order valence-corrected chi connectivity index (χ3v) is 1.96. The average Bonchev–Trinajstić information content (AvgIpc) is 2.35. The molecule has 0 amide bonds. The van der Waals surface area contributed by atoms with E-state index in [1.807, 2.05) is 30.3 Å². The zero-order chi connectivity index (χ0) is 12.5. The van der Waals surface area contributed by atoms with Crippen LogP contribution >= 0.6 is 0 Å². The number of benzene rings is 1. The highest BCUT2D eigenvalue weighted by molar-refractivity contribution is 5.60. The van der Waals surface area contributed by atoms with Gasteiger partial charge in [0, 0.05) is 0 Å². The molecule has 17 heavy (non-hydrogen) atoms. The number of rotatable bonds is 5. The predicted molar refractivity (Wildman–Crippen MR) is 65.0 cm³/mol. The minimum Gasteiger partial charge on any atom is -0.497 e. The Morgan fingerprint density at radius 1 is 1.35 bits per heavy atom. The van der Waals surface area contributed by atoms with Crippen molar-refractivity contribution in [1.82, 2.24) is 0 Å². The summed E-state index contributed by atoms with van der Waals surface area (Å²) in [6, 6.07) is 7.58. The molecule has 1 rings (SSSR count). The van der Waals surface area contributed by atoms with Crippen LogP contribution in [-0.2, 0) is 9.47 Å².